The van der Waals surface area contributed by atoms with Crippen LogP contribution in [0.1, 0.15) is 10.4 Å². The standard InChI is InChI=1S/C15H16N2O3/c1-17(13-5-3-4-6-14(13)20-2)12-8-7-10(15(18)19)9-11(12)16/h3-9H,16H2,1-2H3,(H,18,19). The summed E-state index contributed by atoms with van der Waals surface area (Å²) in [5, 5.41) is 8.95. The van der Waals surface area contributed by atoms with Gasteiger partial charge in [-0.15, -0.1) is 0 Å². The van der Waals surface area contributed by atoms with E-state index in [2.05, 4.69) is 0 Å². The summed E-state index contributed by atoms with van der Waals surface area (Å²) in [5.41, 5.74) is 8.08. The number of hydrogen-bond donors (Lipinski definition) is 2. The molecule has 5 heteroatoms. The van der Waals surface area contributed by atoms with Gasteiger partial charge in [-0.1, -0.05) is 12.1 Å². The molecule has 0 spiro atoms. The van der Waals surface area contributed by atoms with Gasteiger partial charge in [0.2, 0.25) is 0 Å². The zero-order chi connectivity index (χ0) is 14.7. The Hall–Kier alpha value is -2.69. The fraction of sp³-hybridized carbons (Fsp3) is 0.133. The van der Waals surface area contributed by atoms with E-state index >= 15 is 0 Å². The van der Waals surface area contributed by atoms with Crippen LogP contribution in [0.25, 0.3) is 0 Å². The number of nitrogens with zero attached hydrogens (tertiary/aromatic N) is 1. The molecule has 0 heterocycles. The maximum Gasteiger partial charge on any atom is 0.335 e. The van der Waals surface area contributed by atoms with Gasteiger partial charge >= 0.3 is 5.97 Å². The first-order chi connectivity index (χ1) is 9.54. The number of benzene rings is 2. The molecule has 3 N–H and O–H groups in total. The van der Waals surface area contributed by atoms with Crippen LogP contribution in [-0.2, 0) is 0 Å². The molecular formula is C15H16N2O3. The summed E-state index contributed by atoms with van der Waals surface area (Å²) in [5.74, 6) is -0.278. The molecule has 2 rings (SSSR count). The molecule has 5 nitrogen and oxygen atoms in total. The van der Waals surface area contributed by atoms with Gasteiger partial charge in [0.25, 0.3) is 0 Å². The van der Waals surface area contributed by atoms with Gasteiger partial charge in [-0.05, 0) is 30.3 Å². The maximum absolute atomic E-state index is 10.9. The Morgan fingerprint density at radius 2 is 1.90 bits per heavy atom. The Balaban J connectivity index is 2.43. The molecule has 0 aliphatic rings. The van der Waals surface area contributed by atoms with Crippen molar-refractivity contribution in [2.75, 3.05) is 24.8 Å². The predicted molar refractivity (Wildman–Crippen MR) is 78.9 cm³/mol. The second-order valence-corrected chi connectivity index (χ2v) is 4.31. The minimum atomic E-state index is -0.997. The summed E-state index contributed by atoms with van der Waals surface area (Å²) in [6.45, 7) is 0. The Kier molecular flexibility index (Phi) is 3.79. The van der Waals surface area contributed by atoms with Gasteiger partial charge in [-0.2, -0.15) is 0 Å². The number of hydrogen-bond acceptors (Lipinski definition) is 4. The zero-order valence-corrected chi connectivity index (χ0v) is 11.3. The van der Waals surface area contributed by atoms with Crippen molar-refractivity contribution in [3.05, 3.63) is 48.0 Å². The molecule has 0 aliphatic carbocycles. The lowest BCUT2D eigenvalue weighted by atomic mass is 10.1. The molecule has 0 saturated carbocycles. The number of aromatic carboxylic acids is 1. The third-order valence-electron chi connectivity index (χ3n) is 3.08. The van der Waals surface area contributed by atoms with Gasteiger partial charge in [-0.3, -0.25) is 0 Å². The SMILES string of the molecule is COc1ccccc1N(C)c1ccc(C(=O)O)cc1N. The summed E-state index contributed by atoms with van der Waals surface area (Å²) in [6.07, 6.45) is 0. The first kappa shape index (κ1) is 13.7. The lowest BCUT2D eigenvalue weighted by Crippen LogP contribution is -2.13. The van der Waals surface area contributed by atoms with Gasteiger partial charge in [0.1, 0.15) is 5.75 Å². The van der Waals surface area contributed by atoms with Crippen molar-refractivity contribution >= 4 is 23.0 Å². The van der Waals surface area contributed by atoms with Gasteiger partial charge < -0.3 is 20.5 Å². The van der Waals surface area contributed by atoms with Crippen LogP contribution in [0, 0.1) is 0 Å². The van der Waals surface area contributed by atoms with Crippen LogP contribution in [0.3, 0.4) is 0 Å². The predicted octanol–water partition coefficient (Wildman–Crippen LogP) is 2.74. The number of carboxylic acids is 1. The fourth-order valence-electron chi connectivity index (χ4n) is 2.03. The number of para-hydroxylation sites is 2. The van der Waals surface area contributed by atoms with Gasteiger partial charge in [0.05, 0.1) is 29.7 Å². The van der Waals surface area contributed by atoms with Crippen LogP contribution in [0.4, 0.5) is 17.1 Å². The Morgan fingerprint density at radius 1 is 1.20 bits per heavy atom. The first-order valence-electron chi connectivity index (χ1n) is 6.04. The highest BCUT2D eigenvalue weighted by molar-refractivity contribution is 5.91. The monoisotopic (exact) mass is 272 g/mol. The zero-order valence-electron chi connectivity index (χ0n) is 11.3. The van der Waals surface area contributed by atoms with E-state index in [-0.39, 0.29) is 5.56 Å². The minimum absolute atomic E-state index is 0.166. The van der Waals surface area contributed by atoms with E-state index in [0.717, 1.165) is 17.1 Å². The number of rotatable bonds is 4. The van der Waals surface area contributed by atoms with E-state index in [1.807, 2.05) is 36.2 Å². The molecule has 0 unspecified atom stereocenters. The number of ether oxygens (including phenoxy) is 1. The number of nitrogens with two attached hydrogens (primary N) is 1. The lowest BCUT2D eigenvalue weighted by Gasteiger charge is -2.23. The third-order valence-corrected chi connectivity index (χ3v) is 3.08. The van der Waals surface area contributed by atoms with Crippen LogP contribution in [0.5, 0.6) is 5.75 Å². The number of methoxy groups -OCH3 is 1. The first-order valence-corrected chi connectivity index (χ1v) is 6.04. The smallest absolute Gasteiger partial charge is 0.335 e. The summed E-state index contributed by atoms with van der Waals surface area (Å²) in [6, 6.07) is 12.2. The molecule has 2 aromatic carbocycles. The van der Waals surface area contributed by atoms with Crippen LogP contribution < -0.4 is 15.4 Å². The van der Waals surface area contributed by atoms with Gasteiger partial charge in [0, 0.05) is 7.05 Å². The molecule has 0 aromatic heterocycles. The minimum Gasteiger partial charge on any atom is -0.495 e. The third kappa shape index (κ3) is 2.51. The molecular weight excluding hydrogens is 256 g/mol. The highest BCUT2D eigenvalue weighted by Crippen LogP contribution is 2.35. The summed E-state index contributed by atoms with van der Waals surface area (Å²) < 4.78 is 5.31. The lowest BCUT2D eigenvalue weighted by molar-refractivity contribution is 0.0697. The highest BCUT2D eigenvalue weighted by Gasteiger charge is 2.13. The van der Waals surface area contributed by atoms with E-state index in [1.54, 1.807) is 13.2 Å². The largest absolute Gasteiger partial charge is 0.495 e. The van der Waals surface area contributed by atoms with Crippen molar-refractivity contribution in [3.8, 4) is 5.75 Å². The Labute approximate surface area is 117 Å². The van der Waals surface area contributed by atoms with Crippen LogP contribution in [-0.4, -0.2) is 25.2 Å². The topological polar surface area (TPSA) is 75.8 Å². The average molecular weight is 272 g/mol. The van der Waals surface area contributed by atoms with Crippen molar-refractivity contribution in [2.24, 2.45) is 0 Å². The van der Waals surface area contributed by atoms with Crippen molar-refractivity contribution < 1.29 is 14.6 Å². The van der Waals surface area contributed by atoms with Crippen LogP contribution >= 0.6 is 0 Å². The van der Waals surface area contributed by atoms with Crippen molar-refractivity contribution in [2.45, 2.75) is 0 Å². The van der Waals surface area contributed by atoms with Crippen molar-refractivity contribution in [1.82, 2.24) is 0 Å². The van der Waals surface area contributed by atoms with Crippen molar-refractivity contribution in [1.29, 1.82) is 0 Å². The molecule has 0 fully saturated rings. The average Bonchev–Trinajstić information content (AvgIpc) is 2.46. The van der Waals surface area contributed by atoms with Gasteiger partial charge in [-0.25, -0.2) is 4.79 Å². The van der Waals surface area contributed by atoms with E-state index < -0.39 is 5.97 Å². The van der Waals surface area contributed by atoms with E-state index in [1.165, 1.54) is 12.1 Å². The molecule has 0 aliphatic heterocycles. The van der Waals surface area contributed by atoms with E-state index in [0.29, 0.717) is 5.69 Å². The second kappa shape index (κ2) is 5.52. The molecule has 0 amide bonds. The molecule has 0 radical (unpaired) electrons. The molecule has 0 saturated heterocycles. The van der Waals surface area contributed by atoms with Crippen LogP contribution in [0.15, 0.2) is 42.5 Å². The number of anilines is 3. The molecule has 0 atom stereocenters. The normalized spacial score (nSPS) is 10.1. The Bertz CT molecular complexity index is 641. The Morgan fingerprint density at radius 3 is 2.50 bits per heavy atom. The van der Waals surface area contributed by atoms with E-state index in [9.17, 15) is 4.79 Å². The highest BCUT2D eigenvalue weighted by atomic mass is 16.5. The molecule has 20 heavy (non-hydrogen) atoms. The maximum atomic E-state index is 10.9. The quantitative estimate of drug-likeness (QED) is 0.837. The van der Waals surface area contributed by atoms with Gasteiger partial charge in [0.15, 0.2) is 0 Å². The van der Waals surface area contributed by atoms with E-state index in [4.69, 9.17) is 15.6 Å². The fourth-order valence-corrected chi connectivity index (χ4v) is 2.03. The summed E-state index contributed by atoms with van der Waals surface area (Å²) in [4.78, 5) is 12.8. The summed E-state index contributed by atoms with van der Waals surface area (Å²) >= 11 is 0. The summed E-state index contributed by atoms with van der Waals surface area (Å²) in [7, 11) is 3.45. The number of carboxylic acid groups (broad SMARTS) is 1. The molecule has 0 bridgehead atoms. The number of nitrogen functional groups attached to an aromatic ring is 1. The molecule has 104 valence electrons. The molecule has 2 aromatic rings. The number of carbonyl (C=O) groups is 1. The second-order valence-electron chi connectivity index (χ2n) is 4.31. The van der Waals surface area contributed by atoms with Crippen molar-refractivity contribution in [3.63, 3.8) is 0 Å². The van der Waals surface area contributed by atoms with Crippen LogP contribution in [0.2, 0.25) is 0 Å².